The van der Waals surface area contributed by atoms with Crippen LogP contribution >= 0.6 is 0 Å². The fourth-order valence-electron chi connectivity index (χ4n) is 3.37. The summed E-state index contributed by atoms with van der Waals surface area (Å²) >= 11 is 0. The molecule has 0 unspecified atom stereocenters. The first-order valence-electron chi connectivity index (χ1n) is 8.11. The zero-order valence-electron chi connectivity index (χ0n) is 13.5. The Morgan fingerprint density at radius 2 is 2.13 bits per heavy atom. The maximum atomic E-state index is 12.8. The van der Waals surface area contributed by atoms with Crippen LogP contribution in [0.1, 0.15) is 37.9 Å². The first-order chi connectivity index (χ1) is 11.0. The molecule has 2 aliphatic rings. The van der Waals surface area contributed by atoms with E-state index in [1.165, 1.54) is 6.33 Å². The van der Waals surface area contributed by atoms with Gasteiger partial charge in [0.1, 0.15) is 0 Å². The zero-order chi connectivity index (χ0) is 16.6. The smallest absolute Gasteiger partial charge is 0.255 e. The molecule has 23 heavy (non-hydrogen) atoms. The van der Waals surface area contributed by atoms with Crippen LogP contribution < -0.4 is 5.56 Å². The minimum atomic E-state index is -0.174. The normalized spacial score (nSPS) is 21.5. The molecule has 0 aromatic carbocycles. The number of aromatic amines is 1. The third-order valence-electron chi connectivity index (χ3n) is 4.73. The summed E-state index contributed by atoms with van der Waals surface area (Å²) in [6, 6.07) is 0.104. The van der Waals surface area contributed by atoms with Crippen LogP contribution in [0, 0.1) is 5.92 Å². The standard InChI is InChI=1S/C16H22N4O3/c1-10(2)20-7-11(3-4-14(20)21)16(23)19-6-5-13-12(8-19)15(22)18-9-17-13/h9-11H,3-8H2,1-2H3,(H,17,18,22)/t11-/m1/s1. The topological polar surface area (TPSA) is 86.4 Å². The molecule has 1 atom stereocenters. The maximum Gasteiger partial charge on any atom is 0.255 e. The van der Waals surface area contributed by atoms with E-state index in [0.29, 0.717) is 44.5 Å². The zero-order valence-corrected chi connectivity index (χ0v) is 13.5. The van der Waals surface area contributed by atoms with Gasteiger partial charge in [-0.1, -0.05) is 0 Å². The molecule has 2 aliphatic heterocycles. The Hall–Kier alpha value is -2.18. The van der Waals surface area contributed by atoms with Crippen molar-refractivity contribution in [2.75, 3.05) is 13.1 Å². The number of aromatic nitrogens is 2. The van der Waals surface area contributed by atoms with Crippen LogP contribution in [0.25, 0.3) is 0 Å². The largest absolute Gasteiger partial charge is 0.339 e. The lowest BCUT2D eigenvalue weighted by atomic mass is 9.94. The third-order valence-corrected chi connectivity index (χ3v) is 4.73. The number of nitrogens with zero attached hydrogens (tertiary/aromatic N) is 3. The number of piperidine rings is 1. The molecular weight excluding hydrogens is 296 g/mol. The summed E-state index contributed by atoms with van der Waals surface area (Å²) in [7, 11) is 0. The highest BCUT2D eigenvalue weighted by atomic mass is 16.2. The van der Waals surface area contributed by atoms with Crippen molar-refractivity contribution >= 4 is 11.8 Å². The number of amides is 2. The van der Waals surface area contributed by atoms with Gasteiger partial charge in [0.2, 0.25) is 11.8 Å². The molecule has 3 rings (SSSR count). The number of hydrogen-bond acceptors (Lipinski definition) is 4. The van der Waals surface area contributed by atoms with Crippen molar-refractivity contribution in [2.45, 2.75) is 45.7 Å². The lowest BCUT2D eigenvalue weighted by Gasteiger charge is -2.37. The van der Waals surface area contributed by atoms with Gasteiger partial charge in [-0.15, -0.1) is 0 Å². The number of fused-ring (bicyclic) bond motifs is 1. The predicted molar refractivity (Wildman–Crippen MR) is 83.6 cm³/mol. The molecule has 1 N–H and O–H groups in total. The number of hydrogen-bond donors (Lipinski definition) is 1. The summed E-state index contributed by atoms with van der Waals surface area (Å²) < 4.78 is 0. The van der Waals surface area contributed by atoms with Crippen molar-refractivity contribution in [3.05, 3.63) is 27.9 Å². The molecule has 3 heterocycles. The van der Waals surface area contributed by atoms with E-state index in [1.54, 1.807) is 9.80 Å². The fraction of sp³-hybridized carbons (Fsp3) is 0.625. The van der Waals surface area contributed by atoms with Gasteiger partial charge in [-0.05, 0) is 20.3 Å². The Kier molecular flexibility index (Phi) is 4.19. The summed E-state index contributed by atoms with van der Waals surface area (Å²) in [5.41, 5.74) is 1.19. The van der Waals surface area contributed by atoms with Gasteiger partial charge in [-0.25, -0.2) is 4.98 Å². The average Bonchev–Trinajstić information content (AvgIpc) is 2.54. The van der Waals surface area contributed by atoms with E-state index in [2.05, 4.69) is 9.97 Å². The quantitative estimate of drug-likeness (QED) is 0.850. The summed E-state index contributed by atoms with van der Waals surface area (Å²) in [6.45, 7) is 5.29. The Labute approximate surface area is 134 Å². The van der Waals surface area contributed by atoms with Gasteiger partial charge in [-0.3, -0.25) is 14.4 Å². The van der Waals surface area contributed by atoms with Gasteiger partial charge in [0.25, 0.3) is 5.56 Å². The Morgan fingerprint density at radius 3 is 2.87 bits per heavy atom. The number of H-pyrrole nitrogens is 1. The molecule has 0 aliphatic carbocycles. The van der Waals surface area contributed by atoms with Crippen molar-refractivity contribution in [3.63, 3.8) is 0 Å². The first kappa shape index (κ1) is 15.7. The lowest BCUT2D eigenvalue weighted by Crippen LogP contribution is -2.50. The molecule has 1 aromatic rings. The second-order valence-electron chi connectivity index (χ2n) is 6.54. The summed E-state index contributed by atoms with van der Waals surface area (Å²) in [6.07, 6.45) is 3.02. The fourth-order valence-corrected chi connectivity index (χ4v) is 3.37. The van der Waals surface area contributed by atoms with Crippen LogP contribution in [0.3, 0.4) is 0 Å². The molecule has 0 radical (unpaired) electrons. The highest BCUT2D eigenvalue weighted by Crippen LogP contribution is 2.24. The Balaban J connectivity index is 1.73. The summed E-state index contributed by atoms with van der Waals surface area (Å²) in [4.78, 5) is 46.9. The molecular formula is C16H22N4O3. The number of carbonyl (C=O) groups is 2. The molecule has 0 bridgehead atoms. The minimum Gasteiger partial charge on any atom is -0.339 e. The van der Waals surface area contributed by atoms with Gasteiger partial charge in [0.05, 0.1) is 30.0 Å². The lowest BCUT2D eigenvalue weighted by molar-refractivity contribution is -0.144. The van der Waals surface area contributed by atoms with Gasteiger partial charge < -0.3 is 14.8 Å². The molecule has 1 fully saturated rings. The van der Waals surface area contributed by atoms with Crippen molar-refractivity contribution in [3.8, 4) is 0 Å². The van der Waals surface area contributed by atoms with Crippen molar-refractivity contribution < 1.29 is 9.59 Å². The van der Waals surface area contributed by atoms with Crippen LogP contribution in [-0.2, 0) is 22.6 Å². The van der Waals surface area contributed by atoms with Crippen molar-refractivity contribution in [1.82, 2.24) is 19.8 Å². The van der Waals surface area contributed by atoms with Crippen LogP contribution in [-0.4, -0.2) is 50.7 Å². The van der Waals surface area contributed by atoms with E-state index in [4.69, 9.17) is 0 Å². The number of nitrogens with one attached hydrogen (secondary N) is 1. The van der Waals surface area contributed by atoms with Crippen LogP contribution in [0.4, 0.5) is 0 Å². The molecule has 7 nitrogen and oxygen atoms in total. The molecule has 2 amide bonds. The molecule has 1 saturated heterocycles. The van der Waals surface area contributed by atoms with Crippen LogP contribution in [0.5, 0.6) is 0 Å². The number of carbonyl (C=O) groups excluding carboxylic acids is 2. The Morgan fingerprint density at radius 1 is 1.35 bits per heavy atom. The molecule has 0 spiro atoms. The van der Waals surface area contributed by atoms with E-state index >= 15 is 0 Å². The van der Waals surface area contributed by atoms with Crippen molar-refractivity contribution in [2.24, 2.45) is 5.92 Å². The van der Waals surface area contributed by atoms with Gasteiger partial charge >= 0.3 is 0 Å². The highest BCUT2D eigenvalue weighted by molar-refractivity contribution is 5.84. The third kappa shape index (κ3) is 3.00. The van der Waals surface area contributed by atoms with E-state index in [-0.39, 0.29) is 29.3 Å². The average molecular weight is 318 g/mol. The van der Waals surface area contributed by atoms with Gasteiger partial charge in [0.15, 0.2) is 0 Å². The highest BCUT2D eigenvalue weighted by Gasteiger charge is 2.35. The van der Waals surface area contributed by atoms with E-state index < -0.39 is 0 Å². The van der Waals surface area contributed by atoms with Crippen LogP contribution in [0.2, 0.25) is 0 Å². The second-order valence-corrected chi connectivity index (χ2v) is 6.54. The molecule has 1 aromatic heterocycles. The van der Waals surface area contributed by atoms with Gasteiger partial charge in [-0.2, -0.15) is 0 Å². The molecule has 7 heteroatoms. The maximum absolute atomic E-state index is 12.8. The van der Waals surface area contributed by atoms with E-state index in [0.717, 1.165) is 5.69 Å². The second kappa shape index (κ2) is 6.14. The van der Waals surface area contributed by atoms with Crippen molar-refractivity contribution in [1.29, 1.82) is 0 Å². The van der Waals surface area contributed by atoms with Crippen LogP contribution in [0.15, 0.2) is 11.1 Å². The predicted octanol–water partition coefficient (Wildman–Crippen LogP) is 0.302. The molecule has 0 saturated carbocycles. The SMILES string of the molecule is CC(C)N1C[C@H](C(=O)N2CCc3nc[nH]c(=O)c3C2)CCC1=O. The number of rotatable bonds is 2. The van der Waals surface area contributed by atoms with Gasteiger partial charge in [0, 0.05) is 32.0 Å². The number of likely N-dealkylation sites (tertiary alicyclic amines) is 1. The Bertz CT molecular complexity index is 682. The first-order valence-corrected chi connectivity index (χ1v) is 8.11. The summed E-state index contributed by atoms with van der Waals surface area (Å²) in [5.74, 6) is -0.0156. The van der Waals surface area contributed by atoms with E-state index in [1.807, 2.05) is 13.8 Å². The molecule has 124 valence electrons. The minimum absolute atomic E-state index is 0.0389. The van der Waals surface area contributed by atoms with E-state index in [9.17, 15) is 14.4 Å². The summed E-state index contributed by atoms with van der Waals surface area (Å²) in [5, 5.41) is 0. The monoisotopic (exact) mass is 318 g/mol.